The summed E-state index contributed by atoms with van der Waals surface area (Å²) in [6.07, 6.45) is 3.45. The van der Waals surface area contributed by atoms with E-state index in [-0.39, 0.29) is 11.5 Å². The van der Waals surface area contributed by atoms with Gasteiger partial charge in [0.25, 0.3) is 11.5 Å². The molecule has 0 atom stereocenters. The molecule has 2 aromatic carbocycles. The molecule has 0 aliphatic carbocycles. The Morgan fingerprint density at radius 1 is 1.10 bits per heavy atom. The summed E-state index contributed by atoms with van der Waals surface area (Å²) in [5.74, 6) is 1.18. The number of piperidine rings is 1. The van der Waals surface area contributed by atoms with Crippen molar-refractivity contribution >= 4 is 28.4 Å². The lowest BCUT2D eigenvalue weighted by molar-refractivity contribution is 0.0682. The normalized spacial score (nSPS) is 14.9. The Kier molecular flexibility index (Phi) is 6.18. The first kappa shape index (κ1) is 20.6. The summed E-state index contributed by atoms with van der Waals surface area (Å²) in [6, 6.07) is 14.7. The van der Waals surface area contributed by atoms with Crippen molar-refractivity contribution in [2.45, 2.75) is 39.2 Å². The van der Waals surface area contributed by atoms with Crippen LogP contribution in [-0.4, -0.2) is 33.4 Å². The highest BCUT2D eigenvalue weighted by molar-refractivity contribution is 6.33. The highest BCUT2D eigenvalue weighted by atomic mass is 35.5. The molecule has 5 nitrogen and oxygen atoms in total. The van der Waals surface area contributed by atoms with Crippen LogP contribution in [0.4, 0.5) is 0 Å². The second-order valence-electron chi connectivity index (χ2n) is 7.93. The highest BCUT2D eigenvalue weighted by Crippen LogP contribution is 2.24. The van der Waals surface area contributed by atoms with Gasteiger partial charge in [0, 0.05) is 26.1 Å². The number of benzene rings is 2. The molecule has 156 valence electrons. The Morgan fingerprint density at radius 3 is 2.53 bits per heavy atom. The van der Waals surface area contributed by atoms with Gasteiger partial charge in [-0.25, -0.2) is 4.98 Å². The van der Waals surface area contributed by atoms with Crippen molar-refractivity contribution in [1.82, 2.24) is 14.5 Å². The fraction of sp³-hybridized carbons (Fsp3) is 0.375. The van der Waals surface area contributed by atoms with Gasteiger partial charge in [-0.15, -0.1) is 0 Å². The van der Waals surface area contributed by atoms with E-state index in [2.05, 4.69) is 6.92 Å². The van der Waals surface area contributed by atoms with Gasteiger partial charge in [-0.2, -0.15) is 0 Å². The van der Waals surface area contributed by atoms with Gasteiger partial charge in [-0.05, 0) is 49.4 Å². The lowest BCUT2D eigenvalue weighted by Crippen LogP contribution is -2.40. The third-order valence-corrected chi connectivity index (χ3v) is 6.19. The fourth-order valence-corrected chi connectivity index (χ4v) is 4.42. The van der Waals surface area contributed by atoms with Crippen LogP contribution in [0.5, 0.6) is 0 Å². The lowest BCUT2D eigenvalue weighted by Gasteiger charge is -2.33. The van der Waals surface area contributed by atoms with Crippen LogP contribution in [0.1, 0.15) is 42.4 Å². The van der Waals surface area contributed by atoms with Gasteiger partial charge in [0.15, 0.2) is 0 Å². The lowest BCUT2D eigenvalue weighted by atomic mass is 9.96. The summed E-state index contributed by atoms with van der Waals surface area (Å²) < 4.78 is 1.86. The topological polar surface area (TPSA) is 55.2 Å². The Balaban J connectivity index is 1.50. The van der Waals surface area contributed by atoms with Gasteiger partial charge < -0.3 is 4.90 Å². The number of hydrogen-bond donors (Lipinski definition) is 0. The number of rotatable bonds is 5. The van der Waals surface area contributed by atoms with Crippen LogP contribution in [-0.2, 0) is 13.0 Å². The molecule has 3 aromatic rings. The predicted octanol–water partition coefficient (Wildman–Crippen LogP) is 4.55. The van der Waals surface area contributed by atoms with Crippen LogP contribution >= 0.6 is 11.6 Å². The minimum atomic E-state index is -0.0183. The molecule has 1 aliphatic heterocycles. The van der Waals surface area contributed by atoms with E-state index in [9.17, 15) is 9.59 Å². The summed E-state index contributed by atoms with van der Waals surface area (Å²) in [4.78, 5) is 32.6. The van der Waals surface area contributed by atoms with Gasteiger partial charge in [0.05, 0.1) is 21.5 Å². The number of carbonyl (C=O) groups excluding carboxylic acids is 1. The van der Waals surface area contributed by atoms with E-state index in [1.54, 1.807) is 12.1 Å². The molecule has 0 saturated carbocycles. The number of aromatic nitrogens is 2. The zero-order valence-corrected chi connectivity index (χ0v) is 17.9. The molecule has 1 saturated heterocycles. The van der Waals surface area contributed by atoms with Crippen molar-refractivity contribution in [3.8, 4) is 0 Å². The maximum Gasteiger partial charge on any atom is 0.261 e. The fourth-order valence-electron chi connectivity index (χ4n) is 4.20. The van der Waals surface area contributed by atoms with E-state index >= 15 is 0 Å². The molecular weight excluding hydrogens is 398 g/mol. The Morgan fingerprint density at radius 2 is 1.80 bits per heavy atom. The second kappa shape index (κ2) is 9.00. The van der Waals surface area contributed by atoms with Crippen LogP contribution in [0.2, 0.25) is 5.02 Å². The first-order chi connectivity index (χ1) is 14.6. The number of aryl methyl sites for hydroxylation is 1. The summed E-state index contributed by atoms with van der Waals surface area (Å²) in [7, 11) is 0. The molecule has 2 heterocycles. The van der Waals surface area contributed by atoms with Gasteiger partial charge in [0.2, 0.25) is 0 Å². The number of para-hydroxylation sites is 1. The third-order valence-electron chi connectivity index (χ3n) is 5.86. The molecule has 1 amide bonds. The molecule has 0 N–H and O–H groups in total. The largest absolute Gasteiger partial charge is 0.339 e. The summed E-state index contributed by atoms with van der Waals surface area (Å²) >= 11 is 6.19. The number of nitrogens with zero attached hydrogens (tertiary/aromatic N) is 3. The van der Waals surface area contributed by atoms with Crippen molar-refractivity contribution in [1.29, 1.82) is 0 Å². The van der Waals surface area contributed by atoms with E-state index in [1.807, 2.05) is 45.9 Å². The Labute approximate surface area is 181 Å². The molecule has 4 rings (SSSR count). The molecule has 1 fully saturated rings. The van der Waals surface area contributed by atoms with Crippen LogP contribution < -0.4 is 5.56 Å². The summed E-state index contributed by atoms with van der Waals surface area (Å²) in [5.41, 5.74) is 1.36. The van der Waals surface area contributed by atoms with E-state index in [1.165, 1.54) is 0 Å². The standard InChI is InChI=1S/C24H26ClN3O2/c1-2-7-22-26-21-11-6-4-9-19(21)24(30)28(22)16-17-12-14-27(15-13-17)23(29)18-8-3-5-10-20(18)25/h3-6,8-11,17H,2,7,12-16H2,1H3. The van der Waals surface area contributed by atoms with Crippen LogP contribution in [0.3, 0.4) is 0 Å². The molecular formula is C24H26ClN3O2. The summed E-state index contributed by atoms with van der Waals surface area (Å²) in [6.45, 7) is 4.10. The number of amides is 1. The number of halogens is 1. The van der Waals surface area contributed by atoms with Crippen molar-refractivity contribution in [2.75, 3.05) is 13.1 Å². The van der Waals surface area contributed by atoms with Crippen LogP contribution in [0.15, 0.2) is 53.3 Å². The van der Waals surface area contributed by atoms with Crippen molar-refractivity contribution in [3.05, 3.63) is 75.3 Å². The average Bonchev–Trinajstić information content (AvgIpc) is 2.77. The molecule has 0 spiro atoms. The Bertz CT molecular complexity index is 1120. The molecule has 30 heavy (non-hydrogen) atoms. The smallest absolute Gasteiger partial charge is 0.261 e. The molecule has 0 unspecified atom stereocenters. The average molecular weight is 424 g/mol. The first-order valence-corrected chi connectivity index (χ1v) is 11.0. The number of hydrogen-bond acceptors (Lipinski definition) is 3. The monoisotopic (exact) mass is 423 g/mol. The summed E-state index contributed by atoms with van der Waals surface area (Å²) in [5, 5.41) is 1.16. The van der Waals surface area contributed by atoms with Gasteiger partial charge >= 0.3 is 0 Å². The van der Waals surface area contributed by atoms with E-state index in [0.29, 0.717) is 41.5 Å². The van der Waals surface area contributed by atoms with Crippen LogP contribution in [0, 0.1) is 5.92 Å². The van der Waals surface area contributed by atoms with Crippen molar-refractivity contribution in [2.24, 2.45) is 5.92 Å². The number of carbonyl (C=O) groups is 1. The first-order valence-electron chi connectivity index (χ1n) is 10.6. The quantitative estimate of drug-likeness (QED) is 0.604. The maximum atomic E-state index is 13.1. The Hall–Kier alpha value is -2.66. The minimum absolute atomic E-state index is 0.0183. The van der Waals surface area contributed by atoms with E-state index in [4.69, 9.17) is 16.6 Å². The van der Waals surface area contributed by atoms with Crippen molar-refractivity contribution in [3.63, 3.8) is 0 Å². The molecule has 6 heteroatoms. The molecule has 1 aliphatic rings. The maximum absolute atomic E-state index is 13.1. The zero-order chi connectivity index (χ0) is 21.1. The predicted molar refractivity (Wildman–Crippen MR) is 120 cm³/mol. The van der Waals surface area contributed by atoms with Gasteiger partial charge in [-0.3, -0.25) is 14.2 Å². The van der Waals surface area contributed by atoms with E-state index in [0.717, 1.165) is 37.0 Å². The van der Waals surface area contributed by atoms with E-state index < -0.39 is 0 Å². The van der Waals surface area contributed by atoms with Gasteiger partial charge in [0.1, 0.15) is 5.82 Å². The highest BCUT2D eigenvalue weighted by Gasteiger charge is 2.26. The number of likely N-dealkylation sites (tertiary alicyclic amines) is 1. The van der Waals surface area contributed by atoms with Crippen LogP contribution in [0.25, 0.3) is 10.9 Å². The van der Waals surface area contributed by atoms with Crippen molar-refractivity contribution < 1.29 is 4.79 Å². The SMILES string of the molecule is CCCc1nc2ccccc2c(=O)n1CC1CCN(C(=O)c2ccccc2Cl)CC1. The second-order valence-corrected chi connectivity index (χ2v) is 8.33. The van der Waals surface area contributed by atoms with Gasteiger partial charge in [-0.1, -0.05) is 42.8 Å². The molecule has 0 radical (unpaired) electrons. The third kappa shape index (κ3) is 4.12. The minimum Gasteiger partial charge on any atom is -0.339 e. The zero-order valence-electron chi connectivity index (χ0n) is 17.2. The number of fused-ring (bicyclic) bond motifs is 1. The molecule has 1 aromatic heterocycles. The molecule has 0 bridgehead atoms.